The van der Waals surface area contributed by atoms with Crippen LogP contribution in [0.15, 0.2) is 0 Å². The van der Waals surface area contributed by atoms with Crippen LogP contribution in [0.3, 0.4) is 0 Å². The van der Waals surface area contributed by atoms with E-state index in [2.05, 4.69) is 197 Å². The highest BCUT2D eigenvalue weighted by atomic mass is 32.2. The molecule has 0 bridgehead atoms. The van der Waals surface area contributed by atoms with Crippen LogP contribution < -0.4 is 16.8 Å². The number of thioether (sulfide) groups is 1. The second kappa shape index (κ2) is 70.3. The highest BCUT2D eigenvalue weighted by molar-refractivity contribution is 7.99. The van der Waals surface area contributed by atoms with E-state index in [1.165, 1.54) is 271 Å². The molecule has 0 unspecified atom stereocenters. The Morgan fingerprint density at radius 3 is 0.823 bits per heavy atom. The zero-order valence-electron chi connectivity index (χ0n) is 68.6. The van der Waals surface area contributed by atoms with Crippen molar-refractivity contribution in [3.05, 3.63) is 0 Å². The monoisotopic (exact) mass is 1390 g/mol. The van der Waals surface area contributed by atoms with E-state index in [9.17, 15) is 5.02 Å². The van der Waals surface area contributed by atoms with Crippen LogP contribution >= 0.6 is 11.8 Å². The first-order valence-electron chi connectivity index (χ1n) is 38.8. The molecule has 11 heterocycles. The first-order valence-corrected chi connectivity index (χ1v) is 39.9. The number of nitrogens with one attached hydrogen (secondary N) is 1. The SMILES string of the molecule is CB(O)N1CCN(C)CC1.CC1CCN(C)CC1.CN.CN(C)C.CN1CCC(N(C)C)CC1.CN1CCC(N)CC1.CN1CCCC1.CN1CCCCC1.CN1CCCCCC1.CN1CCCCCC1.CN1CCN(C)CC1.CN1CCOCC1.CN1CCSCC1.CNC. The maximum Gasteiger partial charge on any atom is 0.376 e. The van der Waals surface area contributed by atoms with Crippen LogP contribution in [-0.4, -0.2) is 433 Å². The number of likely N-dealkylation sites (N-methyl/N-ethyl adjacent to an activating group) is 4. The summed E-state index contributed by atoms with van der Waals surface area (Å²) in [7, 11) is 41.4. The van der Waals surface area contributed by atoms with Crippen molar-refractivity contribution < 1.29 is 9.76 Å². The number of rotatable bonds is 2. The Morgan fingerprint density at radius 1 is 0.365 bits per heavy atom. The summed E-state index contributed by atoms with van der Waals surface area (Å²) in [5.41, 5.74) is 10.2. The van der Waals surface area contributed by atoms with Gasteiger partial charge in [0.05, 0.1) is 13.2 Å². The van der Waals surface area contributed by atoms with E-state index in [-0.39, 0.29) is 7.05 Å². The standard InChI is InChI=1S/C8H18N2.3C7H15N.C6H15BN2O.2C6H14N2.C6H13N.C5H11NO.C5H11NS.C5H11N.C3H9N.C2H7N.CH5N/c1-9(2)8-4-6-10(3)7-5-8;1-7-3-5-8(2)6-4-7;2*1-8-6-4-2-3-5-7-8;1-7(10)9-5-3-8(2)4-6-9;1-7-3-5-8(2)6-4-7;1-8-4-2-6(7)3-5-8;1-7-5-3-2-4-6-7;2*1-6-2-4-7-5-3-6;1-6-4-2-3-5-6;1-4(2)3;1-3-2;1-2/h8H,4-7H2,1-3H3;7H,3-6H2,1-2H3;2*2-7H2,1H3;10H,3-6H2,1-2H3;3-6H2,1-2H3;6H,2-5,7H2,1H3;2-6H2,1H3;2*2-5H2,1H3;2-5H2,1H3;1-3H3;3H,1-2H3;2H2,1H3. The third-order valence-electron chi connectivity index (χ3n) is 19.0. The van der Waals surface area contributed by atoms with E-state index >= 15 is 0 Å². The molecule has 0 aromatic rings. The van der Waals surface area contributed by atoms with E-state index in [1.54, 1.807) is 0 Å². The Labute approximate surface area is 605 Å². The van der Waals surface area contributed by atoms with Gasteiger partial charge in [0.25, 0.3) is 0 Å². The molecule has 96 heavy (non-hydrogen) atoms. The second-order valence-electron chi connectivity index (χ2n) is 30.2. The highest BCUT2D eigenvalue weighted by Crippen LogP contribution is 2.15. The van der Waals surface area contributed by atoms with Crippen molar-refractivity contribution in [3.63, 3.8) is 0 Å². The Morgan fingerprint density at radius 2 is 0.594 bits per heavy atom. The van der Waals surface area contributed by atoms with Crippen LogP contribution in [0.2, 0.25) is 6.82 Å². The predicted molar refractivity (Wildman–Crippen MR) is 431 cm³/mol. The average Bonchev–Trinajstić information content (AvgIpc) is 3.64. The lowest BCUT2D eigenvalue weighted by Gasteiger charge is -2.32. The van der Waals surface area contributed by atoms with E-state index in [0.29, 0.717) is 6.04 Å². The van der Waals surface area contributed by atoms with Crippen LogP contribution in [0.25, 0.3) is 0 Å². The average molecular weight is 1390 g/mol. The van der Waals surface area contributed by atoms with Gasteiger partial charge in [-0.05, 0) is 335 Å². The first-order chi connectivity index (χ1) is 45.8. The van der Waals surface area contributed by atoms with Crippen LogP contribution in [-0.2, 0) is 4.74 Å². The number of likely N-dealkylation sites (tertiary alicyclic amines) is 7. The molecule has 0 aliphatic carbocycles. The van der Waals surface area contributed by atoms with Crippen LogP contribution in [0.1, 0.15) is 129 Å². The van der Waals surface area contributed by atoms with Gasteiger partial charge < -0.3 is 100.0 Å². The zero-order chi connectivity index (χ0) is 72.7. The molecule has 20 nitrogen and oxygen atoms in total. The van der Waals surface area contributed by atoms with Gasteiger partial charge in [-0.3, -0.25) is 0 Å². The van der Waals surface area contributed by atoms with Crippen molar-refractivity contribution in [2.45, 2.75) is 148 Å². The minimum absolute atomic E-state index is 0.270. The van der Waals surface area contributed by atoms with Gasteiger partial charge in [-0.2, -0.15) is 11.8 Å². The number of piperidine rings is 4. The number of ether oxygens (including phenoxy) is 1. The molecule has 11 fully saturated rings. The van der Waals surface area contributed by atoms with Gasteiger partial charge in [0, 0.05) is 102 Å². The summed E-state index contributed by atoms with van der Waals surface area (Å²) in [5, 5.41) is 11.9. The van der Waals surface area contributed by atoms with Gasteiger partial charge in [0.15, 0.2) is 0 Å². The Kier molecular flexibility index (Phi) is 73.1. The van der Waals surface area contributed by atoms with Crippen LogP contribution in [0.5, 0.6) is 0 Å². The third kappa shape index (κ3) is 70.6. The maximum atomic E-state index is 9.17. The van der Waals surface area contributed by atoms with Crippen molar-refractivity contribution in [1.82, 2.24) is 78.7 Å². The molecule has 580 valence electrons. The van der Waals surface area contributed by atoms with Gasteiger partial charge in [0.1, 0.15) is 0 Å². The fourth-order valence-corrected chi connectivity index (χ4v) is 12.6. The molecule has 0 radical (unpaired) electrons. The lowest BCUT2D eigenvalue weighted by Crippen LogP contribution is -2.50. The van der Waals surface area contributed by atoms with Crippen LogP contribution in [0.4, 0.5) is 0 Å². The van der Waals surface area contributed by atoms with Crippen molar-refractivity contribution in [3.8, 4) is 0 Å². The molecule has 0 aromatic heterocycles. The normalized spacial score (nSPS) is 23.4. The fourth-order valence-electron chi connectivity index (χ4n) is 11.5. The van der Waals surface area contributed by atoms with Crippen molar-refractivity contribution >= 4 is 18.8 Å². The van der Waals surface area contributed by atoms with Crippen LogP contribution in [0, 0.1) is 5.92 Å². The lowest BCUT2D eigenvalue weighted by molar-refractivity contribution is 0.0503. The Bertz CT molecular complexity index is 1320. The summed E-state index contributed by atoms with van der Waals surface area (Å²) in [6.45, 7) is 37.9. The fraction of sp³-hybridized carbons (Fsp3) is 1.00. The summed E-state index contributed by atoms with van der Waals surface area (Å²) in [4.78, 5) is 34.8. The number of piperazine rings is 2. The molecule has 11 aliphatic heterocycles. The molecule has 11 rings (SSSR count). The second-order valence-corrected chi connectivity index (χ2v) is 31.4. The number of hydrogen-bond acceptors (Lipinski definition) is 21. The summed E-state index contributed by atoms with van der Waals surface area (Å²) in [6, 6.07) is 1.31. The molecular weight excluding hydrogens is 1220 g/mol. The topological polar surface area (TPSA) is 142 Å². The van der Waals surface area contributed by atoms with Gasteiger partial charge >= 0.3 is 7.05 Å². The molecule has 0 saturated carbocycles. The number of hydrogen-bond donors (Lipinski definition) is 4. The molecule has 0 amide bonds. The number of nitrogens with zero attached hydrogens (tertiary/aromatic N) is 15. The molecule has 0 atom stereocenters. The lowest BCUT2D eigenvalue weighted by atomic mass is 9.84. The Hall–Kier alpha value is -0.385. The maximum absolute atomic E-state index is 9.17. The number of morpholine rings is 1. The van der Waals surface area contributed by atoms with Crippen molar-refractivity contribution in [2.75, 3.05) is 336 Å². The predicted octanol–water partition coefficient (Wildman–Crippen LogP) is 6.24. The minimum Gasteiger partial charge on any atom is -0.437 e. The Balaban J connectivity index is -0.000000981. The van der Waals surface area contributed by atoms with Crippen molar-refractivity contribution in [2.24, 2.45) is 17.4 Å². The largest absolute Gasteiger partial charge is 0.437 e. The molecule has 0 aromatic carbocycles. The minimum atomic E-state index is -0.270. The highest BCUT2D eigenvalue weighted by Gasteiger charge is 2.21. The van der Waals surface area contributed by atoms with Gasteiger partial charge in [-0.15, -0.1) is 0 Å². The summed E-state index contributed by atoms with van der Waals surface area (Å²) in [5.74, 6) is 3.64. The molecule has 11 saturated heterocycles. The smallest absolute Gasteiger partial charge is 0.376 e. The van der Waals surface area contributed by atoms with Gasteiger partial charge in [0.2, 0.25) is 0 Å². The molecular formula is C74H173BN18O2S. The summed E-state index contributed by atoms with van der Waals surface area (Å²) < 4.78 is 5.10. The van der Waals surface area contributed by atoms with E-state index < -0.39 is 0 Å². The molecule has 11 aliphatic rings. The van der Waals surface area contributed by atoms with E-state index in [0.717, 1.165) is 64.4 Å². The third-order valence-corrected chi connectivity index (χ3v) is 20.0. The van der Waals surface area contributed by atoms with E-state index in [4.69, 9.17) is 10.5 Å². The van der Waals surface area contributed by atoms with Gasteiger partial charge in [-0.25, -0.2) is 0 Å². The molecule has 0 spiro atoms. The van der Waals surface area contributed by atoms with Gasteiger partial charge in [-0.1, -0.05) is 39.0 Å². The molecule has 22 heteroatoms. The molecule has 6 N–H and O–H groups in total. The van der Waals surface area contributed by atoms with E-state index in [1.807, 2.05) is 47.0 Å². The summed E-state index contributed by atoms with van der Waals surface area (Å²) in [6.07, 6.45) is 26.4. The quantitative estimate of drug-likeness (QED) is 0.232. The van der Waals surface area contributed by atoms with Crippen molar-refractivity contribution in [1.29, 1.82) is 0 Å². The summed E-state index contributed by atoms with van der Waals surface area (Å²) >= 11 is 2.06. The zero-order valence-corrected chi connectivity index (χ0v) is 69.4. The number of nitrogens with two attached hydrogens (primary N) is 2. The first kappa shape index (κ1) is 99.8.